The van der Waals surface area contributed by atoms with Gasteiger partial charge in [0.1, 0.15) is 0 Å². The standard InChI is InChI=1S/C11H17Br/c1-2-3-4-5-6-7-8-9-10-11-12/h6-11H,2-5H2,1H3. The van der Waals surface area contributed by atoms with Gasteiger partial charge in [-0.15, -0.1) is 0 Å². The molecule has 0 aromatic rings. The van der Waals surface area contributed by atoms with Crippen LogP contribution in [-0.2, 0) is 0 Å². The van der Waals surface area contributed by atoms with Crippen LogP contribution < -0.4 is 0 Å². The number of allylic oxidation sites excluding steroid dienone is 5. The van der Waals surface area contributed by atoms with Crippen LogP contribution in [-0.4, -0.2) is 0 Å². The normalized spacial score (nSPS) is 12.5. The van der Waals surface area contributed by atoms with Crippen LogP contribution in [0.3, 0.4) is 0 Å². The van der Waals surface area contributed by atoms with E-state index in [1.807, 2.05) is 23.2 Å². The average molecular weight is 229 g/mol. The minimum absolute atomic E-state index is 1.20. The Bertz CT molecular complexity index is 154. The highest BCUT2D eigenvalue weighted by atomic mass is 79.9. The predicted molar refractivity (Wildman–Crippen MR) is 60.5 cm³/mol. The smallest absolute Gasteiger partial charge is 0.0189 e. The highest BCUT2D eigenvalue weighted by molar-refractivity contribution is 9.11. The zero-order valence-corrected chi connectivity index (χ0v) is 9.26. The number of rotatable bonds is 6. The van der Waals surface area contributed by atoms with Crippen molar-refractivity contribution in [3.63, 3.8) is 0 Å². The third kappa shape index (κ3) is 9.70. The van der Waals surface area contributed by atoms with Gasteiger partial charge in [-0.05, 0) is 17.8 Å². The van der Waals surface area contributed by atoms with Gasteiger partial charge in [0, 0.05) is 0 Å². The van der Waals surface area contributed by atoms with Gasteiger partial charge in [-0.1, -0.05) is 66.1 Å². The van der Waals surface area contributed by atoms with E-state index in [2.05, 4.69) is 35.0 Å². The van der Waals surface area contributed by atoms with Gasteiger partial charge in [0.2, 0.25) is 0 Å². The molecule has 0 radical (unpaired) electrons. The van der Waals surface area contributed by atoms with Crippen LogP contribution in [0.15, 0.2) is 35.4 Å². The van der Waals surface area contributed by atoms with Crippen LogP contribution in [0.1, 0.15) is 32.6 Å². The molecule has 0 fully saturated rings. The van der Waals surface area contributed by atoms with Crippen molar-refractivity contribution in [2.75, 3.05) is 0 Å². The Hall–Kier alpha value is -0.300. The maximum atomic E-state index is 3.20. The Morgan fingerprint density at radius 1 is 1.00 bits per heavy atom. The van der Waals surface area contributed by atoms with Crippen molar-refractivity contribution in [2.45, 2.75) is 32.6 Å². The van der Waals surface area contributed by atoms with Crippen molar-refractivity contribution in [2.24, 2.45) is 0 Å². The van der Waals surface area contributed by atoms with E-state index >= 15 is 0 Å². The van der Waals surface area contributed by atoms with E-state index in [-0.39, 0.29) is 0 Å². The molecule has 0 nitrogen and oxygen atoms in total. The maximum Gasteiger partial charge on any atom is -0.0189 e. The molecule has 0 saturated carbocycles. The first-order chi connectivity index (χ1) is 5.91. The lowest BCUT2D eigenvalue weighted by atomic mass is 10.2. The van der Waals surface area contributed by atoms with Crippen LogP contribution in [0.25, 0.3) is 0 Å². The van der Waals surface area contributed by atoms with Gasteiger partial charge in [-0.3, -0.25) is 0 Å². The summed E-state index contributed by atoms with van der Waals surface area (Å²) in [5.41, 5.74) is 0. The van der Waals surface area contributed by atoms with E-state index in [9.17, 15) is 0 Å². The summed E-state index contributed by atoms with van der Waals surface area (Å²) in [6.45, 7) is 2.23. The molecule has 0 aromatic heterocycles. The van der Waals surface area contributed by atoms with Crippen LogP contribution in [0.2, 0.25) is 0 Å². The van der Waals surface area contributed by atoms with E-state index in [0.29, 0.717) is 0 Å². The molecule has 0 saturated heterocycles. The number of unbranched alkanes of at least 4 members (excludes halogenated alkanes) is 3. The highest BCUT2D eigenvalue weighted by Gasteiger charge is 1.79. The lowest BCUT2D eigenvalue weighted by molar-refractivity contribution is 0.729. The van der Waals surface area contributed by atoms with Crippen molar-refractivity contribution >= 4 is 15.9 Å². The molecule has 12 heavy (non-hydrogen) atoms. The van der Waals surface area contributed by atoms with E-state index < -0.39 is 0 Å². The van der Waals surface area contributed by atoms with E-state index in [4.69, 9.17) is 0 Å². The highest BCUT2D eigenvalue weighted by Crippen LogP contribution is 1.99. The van der Waals surface area contributed by atoms with Gasteiger partial charge in [-0.2, -0.15) is 0 Å². The molecule has 0 heterocycles. The van der Waals surface area contributed by atoms with Crippen molar-refractivity contribution < 1.29 is 0 Å². The molecule has 0 rings (SSSR count). The Morgan fingerprint density at radius 3 is 2.42 bits per heavy atom. The fraction of sp³-hybridized carbons (Fsp3) is 0.455. The molecular weight excluding hydrogens is 212 g/mol. The molecule has 0 aliphatic rings. The molecule has 0 aliphatic carbocycles. The molecular formula is C11H17Br. The maximum absolute atomic E-state index is 3.20. The Labute approximate surface area is 84.2 Å². The second-order valence-corrected chi connectivity index (χ2v) is 3.16. The van der Waals surface area contributed by atoms with Crippen LogP contribution in [0.5, 0.6) is 0 Å². The van der Waals surface area contributed by atoms with Gasteiger partial charge in [0.15, 0.2) is 0 Å². The molecule has 0 amide bonds. The lowest BCUT2D eigenvalue weighted by Gasteiger charge is -1.89. The van der Waals surface area contributed by atoms with Gasteiger partial charge >= 0.3 is 0 Å². The molecule has 1 heteroatoms. The van der Waals surface area contributed by atoms with E-state index in [1.165, 1.54) is 25.7 Å². The predicted octanol–water partition coefficient (Wildman–Crippen LogP) is 4.59. The fourth-order valence-electron chi connectivity index (χ4n) is 0.857. The van der Waals surface area contributed by atoms with Gasteiger partial charge in [0.25, 0.3) is 0 Å². The SMILES string of the molecule is CCCCCC=CC=CC=CBr. The molecule has 0 unspecified atom stereocenters. The summed E-state index contributed by atoms with van der Waals surface area (Å²) in [5, 5.41) is 0. The quantitative estimate of drug-likeness (QED) is 0.461. The average Bonchev–Trinajstić information content (AvgIpc) is 2.10. The summed E-state index contributed by atoms with van der Waals surface area (Å²) >= 11 is 3.20. The third-order valence-corrected chi connectivity index (χ3v) is 1.82. The summed E-state index contributed by atoms with van der Waals surface area (Å²) in [6.07, 6.45) is 15.5. The molecule has 0 bridgehead atoms. The molecule has 68 valence electrons. The summed E-state index contributed by atoms with van der Waals surface area (Å²) in [7, 11) is 0. The topological polar surface area (TPSA) is 0 Å². The van der Waals surface area contributed by atoms with Crippen molar-refractivity contribution in [1.82, 2.24) is 0 Å². The zero-order valence-electron chi connectivity index (χ0n) is 7.67. The first-order valence-corrected chi connectivity index (χ1v) is 5.42. The summed E-state index contributed by atoms with van der Waals surface area (Å²) in [5.74, 6) is 0. The molecule has 0 aromatic carbocycles. The van der Waals surface area contributed by atoms with Crippen molar-refractivity contribution in [3.05, 3.63) is 35.4 Å². The summed E-state index contributed by atoms with van der Waals surface area (Å²) < 4.78 is 0. The third-order valence-electron chi connectivity index (χ3n) is 1.52. The largest absolute Gasteiger partial charge is 0.0845 e. The van der Waals surface area contributed by atoms with Gasteiger partial charge in [0.05, 0.1) is 0 Å². The lowest BCUT2D eigenvalue weighted by Crippen LogP contribution is -1.69. The fourth-order valence-corrected chi connectivity index (χ4v) is 1.03. The summed E-state index contributed by atoms with van der Waals surface area (Å²) in [6, 6.07) is 0. The Kier molecular flexibility index (Phi) is 10.4. The minimum atomic E-state index is 1.20. The molecule has 0 atom stereocenters. The van der Waals surface area contributed by atoms with Crippen LogP contribution in [0.4, 0.5) is 0 Å². The van der Waals surface area contributed by atoms with E-state index in [1.54, 1.807) is 0 Å². The zero-order chi connectivity index (χ0) is 9.07. The molecule has 0 N–H and O–H groups in total. The minimum Gasteiger partial charge on any atom is -0.0845 e. The van der Waals surface area contributed by atoms with Crippen LogP contribution >= 0.6 is 15.9 Å². The Balaban J connectivity index is 3.24. The first kappa shape index (κ1) is 11.7. The number of halogens is 1. The summed E-state index contributed by atoms with van der Waals surface area (Å²) in [4.78, 5) is 1.84. The van der Waals surface area contributed by atoms with Gasteiger partial charge in [-0.25, -0.2) is 0 Å². The van der Waals surface area contributed by atoms with Gasteiger partial charge < -0.3 is 0 Å². The second-order valence-electron chi connectivity index (χ2n) is 2.63. The number of hydrogen-bond donors (Lipinski definition) is 0. The van der Waals surface area contributed by atoms with Crippen LogP contribution in [0, 0.1) is 0 Å². The molecule has 0 spiro atoms. The monoisotopic (exact) mass is 228 g/mol. The number of hydrogen-bond acceptors (Lipinski definition) is 0. The second kappa shape index (κ2) is 10.7. The van der Waals surface area contributed by atoms with Crippen molar-refractivity contribution in [1.29, 1.82) is 0 Å². The Morgan fingerprint density at radius 2 is 1.75 bits per heavy atom. The first-order valence-electron chi connectivity index (χ1n) is 4.50. The van der Waals surface area contributed by atoms with Crippen molar-refractivity contribution in [3.8, 4) is 0 Å². The van der Waals surface area contributed by atoms with E-state index in [0.717, 1.165) is 0 Å². The molecule has 0 aliphatic heterocycles.